The average Bonchev–Trinajstić information content (AvgIpc) is 3.45. The first-order valence-corrected chi connectivity index (χ1v) is 24.7. The van der Waals surface area contributed by atoms with Crippen molar-refractivity contribution in [1.82, 2.24) is 4.72 Å². The molecule has 2 saturated heterocycles. The smallest absolute Gasteiger partial charge is 0.377 e. The third kappa shape index (κ3) is 25.6. The number of carbonyl (C=O) groups excluding carboxylic acids is 2. The Morgan fingerprint density at radius 1 is 0.900 bits per heavy atom. The minimum absolute atomic E-state index is 0.00188. The van der Waals surface area contributed by atoms with Crippen LogP contribution in [-0.2, 0) is 52.6 Å². The van der Waals surface area contributed by atoms with E-state index in [1.807, 2.05) is 25.9 Å². The first kappa shape index (κ1) is 54.7. The molecule has 5 N–H and O–H groups in total. The summed E-state index contributed by atoms with van der Waals surface area (Å²) in [7, 11) is -3.00. The number of aliphatic hydroxyl groups is 2. The van der Waals surface area contributed by atoms with E-state index in [9.17, 15) is 32.9 Å². The number of carbonyl (C=O) groups is 2. The van der Waals surface area contributed by atoms with Gasteiger partial charge in [0, 0.05) is 32.4 Å². The normalized spacial score (nSPS) is 22.8. The van der Waals surface area contributed by atoms with Crippen molar-refractivity contribution in [2.24, 2.45) is 0 Å². The molecule has 2 unspecified atom stereocenters. The summed E-state index contributed by atoms with van der Waals surface area (Å²) in [6.07, 6.45) is 19.4. The van der Waals surface area contributed by atoms with Crippen LogP contribution in [0.3, 0.4) is 0 Å². The maximum atomic E-state index is 12.3. The number of hydrogen-bond acceptors (Lipinski definition) is 15. The van der Waals surface area contributed by atoms with Crippen molar-refractivity contribution >= 4 is 30.4 Å². The van der Waals surface area contributed by atoms with Gasteiger partial charge in [-0.05, 0) is 38.5 Å². The molecule has 352 valence electrons. The van der Waals surface area contributed by atoms with Crippen LogP contribution in [0, 0.1) is 0 Å². The van der Waals surface area contributed by atoms with Crippen molar-refractivity contribution < 1.29 is 79.8 Å². The molecule has 2 fully saturated rings. The fourth-order valence-electron chi connectivity index (χ4n) is 7.15. The van der Waals surface area contributed by atoms with Gasteiger partial charge in [0.25, 0.3) is 0 Å². The highest BCUT2D eigenvalue weighted by Crippen LogP contribution is 2.48. The molecule has 60 heavy (non-hydrogen) atoms. The van der Waals surface area contributed by atoms with Crippen LogP contribution in [0.4, 0.5) is 0 Å². The number of phosphoric ester groups is 1. The van der Waals surface area contributed by atoms with Crippen LogP contribution in [0.2, 0.25) is 0 Å². The lowest BCUT2D eigenvalue weighted by atomic mass is 9.94. The molecule has 7 atom stereocenters. The minimum Gasteiger partial charge on any atom is -0.606 e. The van der Waals surface area contributed by atoms with Crippen molar-refractivity contribution in [3.05, 3.63) is 12.2 Å². The van der Waals surface area contributed by atoms with E-state index < -0.39 is 62.2 Å². The fourth-order valence-corrected chi connectivity index (χ4v) is 8.45. The first-order valence-electron chi connectivity index (χ1n) is 21.7. The van der Waals surface area contributed by atoms with Crippen LogP contribution >= 0.6 is 8.17 Å². The largest absolute Gasteiger partial charge is 0.606 e. The third-order valence-electron chi connectivity index (χ3n) is 10.3. The van der Waals surface area contributed by atoms with E-state index in [4.69, 9.17) is 42.4 Å². The number of quaternary nitrogens is 1. The number of esters is 2. The molecule has 0 aromatic heterocycles. The number of unbranched alkanes of at least 4 members (excludes halogenated alkanes) is 13. The lowest BCUT2D eigenvalue weighted by Gasteiger charge is -2.35. The molecule has 0 aliphatic carbocycles. The number of nitrogens with one attached hydrogen (secondary N) is 1. The number of rotatable bonds is 36. The van der Waals surface area contributed by atoms with Crippen LogP contribution < -0.4 is 9.62 Å². The molecule has 0 aromatic carbocycles. The average molecular weight is 904 g/mol. The molecule has 0 aromatic rings. The molecule has 18 nitrogen and oxygen atoms in total. The number of allylic oxidation sites excluding steroid dienone is 1. The summed E-state index contributed by atoms with van der Waals surface area (Å²) in [5.41, 5.74) is 0. The van der Waals surface area contributed by atoms with Gasteiger partial charge in [0.2, 0.25) is 0 Å². The molecule has 0 radical (unpaired) electrons. The van der Waals surface area contributed by atoms with E-state index in [1.54, 1.807) is 6.08 Å². The Labute approximate surface area is 358 Å². The molecule has 0 saturated carbocycles. The van der Waals surface area contributed by atoms with Crippen molar-refractivity contribution in [1.29, 1.82) is 0 Å². The third-order valence-corrected chi connectivity index (χ3v) is 11.9. The summed E-state index contributed by atoms with van der Waals surface area (Å²) >= 11 is 0. The Balaban J connectivity index is 1.59. The van der Waals surface area contributed by atoms with E-state index in [2.05, 4.69) is 0 Å². The molecular weight excluding hydrogens is 827 g/mol. The summed E-state index contributed by atoms with van der Waals surface area (Å²) in [6, 6.07) is -0.858. The maximum Gasteiger partial charge on any atom is 0.377 e. The number of nitrogens with zero attached hydrogens (tertiary/aromatic N) is 1. The van der Waals surface area contributed by atoms with Gasteiger partial charge in [-0.2, -0.15) is 27.1 Å². The highest BCUT2D eigenvalue weighted by Gasteiger charge is 2.54. The predicted octanol–water partition coefficient (Wildman–Crippen LogP) is 3.82. The number of ether oxygens (including phenoxy) is 5. The van der Waals surface area contributed by atoms with Gasteiger partial charge in [-0.1, -0.05) is 76.7 Å². The molecule has 0 spiro atoms. The molecule has 0 amide bonds. The molecule has 2 rings (SSSR count). The second kappa shape index (κ2) is 29.1. The summed E-state index contributed by atoms with van der Waals surface area (Å²) in [4.78, 5) is 46.0. The summed E-state index contributed by atoms with van der Waals surface area (Å²) in [5, 5.41) is 18.7. The van der Waals surface area contributed by atoms with Gasteiger partial charge in [0.1, 0.15) is 32.0 Å². The summed E-state index contributed by atoms with van der Waals surface area (Å²) in [5.74, 6) is -1.66. The second-order valence-electron chi connectivity index (χ2n) is 16.9. The van der Waals surface area contributed by atoms with Gasteiger partial charge in [-0.3, -0.25) is 9.35 Å². The number of fused-ring (bicyclic) bond motifs is 2. The number of phosphoric acid groups is 1. The van der Waals surface area contributed by atoms with Crippen molar-refractivity contribution in [2.75, 3.05) is 67.3 Å². The molecule has 2 aliphatic rings. The summed E-state index contributed by atoms with van der Waals surface area (Å²) in [6.45, 7) is 0.843. The van der Waals surface area contributed by atoms with Gasteiger partial charge in [-0.25, -0.2) is 4.79 Å². The predicted molar refractivity (Wildman–Crippen MR) is 222 cm³/mol. The number of likely N-dealkylation sites (N-methyl/N-ethyl adjacent to an activating group) is 1. The van der Waals surface area contributed by atoms with Gasteiger partial charge in [0.05, 0.1) is 53.1 Å². The van der Waals surface area contributed by atoms with Gasteiger partial charge in [-0.15, -0.1) is 0 Å². The molecule has 2 aliphatic heterocycles. The Morgan fingerprint density at radius 2 is 1.53 bits per heavy atom. The van der Waals surface area contributed by atoms with Gasteiger partial charge < -0.3 is 43.3 Å². The Kier molecular flexibility index (Phi) is 26.5. The lowest BCUT2D eigenvalue weighted by Crippen LogP contribution is -2.43. The maximum absolute atomic E-state index is 12.3. The quantitative estimate of drug-likeness (QED) is 0.0150. The van der Waals surface area contributed by atoms with Crippen LogP contribution in [0.1, 0.15) is 129 Å². The van der Waals surface area contributed by atoms with Gasteiger partial charge >= 0.3 is 30.4 Å². The van der Waals surface area contributed by atoms with Crippen LogP contribution in [-0.4, -0.2) is 148 Å². The standard InChI is InChI=1S/C40H75N2O16PS/c1-33(45)55-36-23-25-40(24-19-15-10-8-6-5-7-9-11-16-20-27-52-31-34(29-43)41-60(49,50)51)57-37(39(36)58-40)21-17-13-12-14-18-22-38(46)56-35(30-44)32-54-59(47,48)53-28-26-42(2,3)4/h18,22,34-37,39,41,43-44H,5-17,19-21,23-32H2,1-4H3,(H-,47,48,49,50,51)/p+1/b22-18+/t34?,35-,36-,37-,39+,40+/m1/s1. The fraction of sp³-hybridized carbons (Fsp3) is 0.900. The SMILES string of the molecule is CC(=O)O[C@@H]1CC[C@]2(CCCCCCCCCCCCCOCC(CO)NS(=O)(=O)O)O[C@@H]1[C@@H](CCCCC/C=C/C(=O)O[C@H](CO)CO[P+]([O-])(O)OCC[N+](C)(C)C)O2. The Hall–Kier alpha value is -1.42. The van der Waals surface area contributed by atoms with E-state index in [0.29, 0.717) is 36.9 Å². The lowest BCUT2D eigenvalue weighted by molar-refractivity contribution is -0.870. The van der Waals surface area contributed by atoms with Crippen LogP contribution in [0.15, 0.2) is 12.2 Å². The van der Waals surface area contributed by atoms with Crippen LogP contribution in [0.25, 0.3) is 0 Å². The van der Waals surface area contributed by atoms with Crippen LogP contribution in [0.5, 0.6) is 0 Å². The Morgan fingerprint density at radius 3 is 2.13 bits per heavy atom. The molecule has 2 heterocycles. The number of aliphatic hydroxyl groups excluding tert-OH is 2. The monoisotopic (exact) mass is 903 g/mol. The van der Waals surface area contributed by atoms with E-state index >= 15 is 0 Å². The second-order valence-corrected chi connectivity index (χ2v) is 19.6. The topological polar surface area (TPSA) is 249 Å². The van der Waals surface area contributed by atoms with Crippen molar-refractivity contribution in [2.45, 2.75) is 165 Å². The van der Waals surface area contributed by atoms with E-state index in [0.717, 1.165) is 77.0 Å². The molecule has 2 bridgehead atoms. The zero-order chi connectivity index (χ0) is 44.5. The minimum atomic E-state index is -4.37. The van der Waals surface area contributed by atoms with Crippen molar-refractivity contribution in [3.8, 4) is 0 Å². The van der Waals surface area contributed by atoms with Gasteiger partial charge in [0.15, 0.2) is 11.9 Å². The van der Waals surface area contributed by atoms with E-state index in [1.165, 1.54) is 38.7 Å². The highest BCUT2D eigenvalue weighted by atomic mass is 32.2. The van der Waals surface area contributed by atoms with Crippen molar-refractivity contribution in [3.63, 3.8) is 0 Å². The molecule has 20 heteroatoms. The first-order chi connectivity index (χ1) is 28.4. The van der Waals surface area contributed by atoms with E-state index in [-0.39, 0.29) is 37.5 Å². The number of hydrogen-bond donors (Lipinski definition) is 5. The zero-order valence-corrected chi connectivity index (χ0v) is 38.1. The highest BCUT2D eigenvalue weighted by molar-refractivity contribution is 7.83. The Bertz CT molecular complexity index is 1340. The molecular formula is C40H76N2O16PS+. The zero-order valence-electron chi connectivity index (χ0n) is 36.4. The summed E-state index contributed by atoms with van der Waals surface area (Å²) < 4.78 is 72.0.